The molecule has 0 atom stereocenters. The predicted octanol–water partition coefficient (Wildman–Crippen LogP) is 4.31. The Kier molecular flexibility index (Phi) is 6.11. The maximum absolute atomic E-state index is 12.4. The van der Waals surface area contributed by atoms with Gasteiger partial charge in [-0.1, -0.05) is 36.4 Å². The predicted molar refractivity (Wildman–Crippen MR) is 121 cm³/mol. The van der Waals surface area contributed by atoms with E-state index < -0.39 is 5.97 Å². The lowest BCUT2D eigenvalue weighted by Gasteiger charge is -2.09. The summed E-state index contributed by atoms with van der Waals surface area (Å²) in [5, 5.41) is 3.68. The lowest BCUT2D eigenvalue weighted by molar-refractivity contribution is -0.131. The monoisotopic (exact) mass is 454 g/mol. The van der Waals surface area contributed by atoms with Gasteiger partial charge in [-0.05, 0) is 60.9 Å². The number of thioether (sulfide) groups is 1. The van der Waals surface area contributed by atoms with E-state index in [9.17, 15) is 9.59 Å². The van der Waals surface area contributed by atoms with E-state index in [1.54, 1.807) is 24.3 Å². The number of nitrogens with one attached hydrogen (secondary N) is 1. The Balaban J connectivity index is 1.57. The van der Waals surface area contributed by atoms with Crippen molar-refractivity contribution in [2.24, 2.45) is 0 Å². The van der Waals surface area contributed by atoms with Crippen molar-refractivity contribution in [3.63, 3.8) is 0 Å². The summed E-state index contributed by atoms with van der Waals surface area (Å²) in [5.74, 6) is 0.554. The highest BCUT2D eigenvalue weighted by atomic mass is 35.5. The molecule has 1 N–H and O–H groups in total. The molecule has 0 radical (unpaired) electrons. The van der Waals surface area contributed by atoms with E-state index in [1.807, 2.05) is 26.0 Å². The van der Waals surface area contributed by atoms with E-state index in [0.717, 1.165) is 34.9 Å². The van der Waals surface area contributed by atoms with Crippen LogP contribution >= 0.6 is 23.4 Å². The van der Waals surface area contributed by atoms with Gasteiger partial charge in [-0.2, -0.15) is 0 Å². The average molecular weight is 455 g/mol. The fraction of sp³-hybridized carbons (Fsp3) is 0.182. The zero-order chi connectivity index (χ0) is 22.0. The fourth-order valence-electron chi connectivity index (χ4n) is 3.08. The molecule has 2 aromatic carbocycles. The summed E-state index contributed by atoms with van der Waals surface area (Å²) >= 11 is 7.12. The van der Waals surface area contributed by atoms with Crippen LogP contribution in [0.5, 0.6) is 5.75 Å². The average Bonchev–Trinajstić information content (AvgIpc) is 3.12. The highest BCUT2D eigenvalue weighted by molar-refractivity contribution is 7.99. The number of ether oxygens (including phenoxy) is 1. The van der Waals surface area contributed by atoms with Gasteiger partial charge < -0.3 is 4.74 Å². The summed E-state index contributed by atoms with van der Waals surface area (Å²) in [7, 11) is 0. The minimum Gasteiger partial charge on any atom is -0.426 e. The first kappa shape index (κ1) is 21.1. The molecule has 0 unspecified atom stereocenters. The largest absolute Gasteiger partial charge is 0.426 e. The van der Waals surface area contributed by atoms with E-state index in [0.29, 0.717) is 27.4 Å². The minimum atomic E-state index is -0.410. The summed E-state index contributed by atoms with van der Waals surface area (Å²) < 4.78 is 6.97. The molecule has 0 aliphatic heterocycles. The summed E-state index contributed by atoms with van der Waals surface area (Å²) in [6.45, 7) is 4.01. The van der Waals surface area contributed by atoms with Gasteiger partial charge in [-0.25, -0.2) is 14.5 Å². The minimum absolute atomic E-state index is 0.0157. The number of aryl methyl sites for hydroxylation is 2. The maximum Gasteiger partial charge on any atom is 0.321 e. The number of esters is 1. The van der Waals surface area contributed by atoms with Crippen molar-refractivity contribution in [2.75, 3.05) is 5.75 Å². The molecule has 0 bridgehead atoms. The van der Waals surface area contributed by atoms with Crippen LogP contribution in [0.4, 0.5) is 0 Å². The van der Waals surface area contributed by atoms with Crippen molar-refractivity contribution in [3.8, 4) is 17.1 Å². The normalized spacial score (nSPS) is 11.1. The molecule has 31 heavy (non-hydrogen) atoms. The second-order valence-electron chi connectivity index (χ2n) is 6.92. The van der Waals surface area contributed by atoms with Gasteiger partial charge in [-0.3, -0.25) is 14.7 Å². The third-order valence-corrected chi connectivity index (χ3v) is 5.66. The first-order chi connectivity index (χ1) is 14.9. The molecule has 9 heteroatoms. The molecule has 0 fully saturated rings. The number of hydrogen-bond donors (Lipinski definition) is 1. The van der Waals surface area contributed by atoms with E-state index >= 15 is 0 Å². The molecule has 4 aromatic rings. The quantitative estimate of drug-likeness (QED) is 0.265. The van der Waals surface area contributed by atoms with Crippen molar-refractivity contribution in [3.05, 3.63) is 75.0 Å². The fourth-order valence-corrected chi connectivity index (χ4v) is 3.93. The Morgan fingerprint density at radius 1 is 1.16 bits per heavy atom. The first-order valence-corrected chi connectivity index (χ1v) is 11.0. The lowest BCUT2D eigenvalue weighted by atomic mass is 10.1. The van der Waals surface area contributed by atoms with Crippen molar-refractivity contribution >= 4 is 35.0 Å². The molecule has 0 saturated carbocycles. The van der Waals surface area contributed by atoms with Crippen molar-refractivity contribution in [1.29, 1.82) is 0 Å². The zero-order valence-corrected chi connectivity index (χ0v) is 18.5. The Hall–Kier alpha value is -3.10. The van der Waals surface area contributed by atoms with Crippen LogP contribution in [-0.2, 0) is 11.2 Å². The van der Waals surface area contributed by atoms with Gasteiger partial charge in [0.1, 0.15) is 5.75 Å². The van der Waals surface area contributed by atoms with E-state index in [4.69, 9.17) is 16.3 Å². The molecule has 0 spiro atoms. The SMILES string of the molecule is CCc1cc(C)cc(OC(=O)CSc2nc(-c3ccc(Cl)cc3)nc3cc(=O)[nH]n23)c1. The standard InChI is InChI=1S/C22H19ClN4O3S/c1-3-14-8-13(2)9-17(10-14)30-20(29)12-31-22-25-21(15-4-6-16(23)7-5-15)24-18-11-19(28)26-27(18)22/h4-11H,3,12H2,1-2H3,(H,26,28). The number of fused-ring (bicyclic) bond motifs is 1. The smallest absolute Gasteiger partial charge is 0.321 e. The highest BCUT2D eigenvalue weighted by Gasteiger charge is 2.14. The van der Waals surface area contributed by atoms with Crippen LogP contribution in [0.25, 0.3) is 17.0 Å². The molecule has 2 heterocycles. The van der Waals surface area contributed by atoms with Crippen molar-refractivity contribution < 1.29 is 9.53 Å². The number of carbonyl (C=O) groups excluding carboxylic acids is 1. The molecule has 0 aliphatic carbocycles. The molecule has 4 rings (SSSR count). The topological polar surface area (TPSA) is 89.3 Å². The molecule has 0 amide bonds. The number of nitrogens with zero attached hydrogens (tertiary/aromatic N) is 3. The van der Waals surface area contributed by atoms with Crippen molar-refractivity contribution in [2.45, 2.75) is 25.4 Å². The lowest BCUT2D eigenvalue weighted by Crippen LogP contribution is -2.12. The maximum atomic E-state index is 12.4. The van der Waals surface area contributed by atoms with Crippen LogP contribution in [-0.4, -0.2) is 31.3 Å². The molecular formula is C22H19ClN4O3S. The van der Waals surface area contributed by atoms with Crippen LogP contribution in [0.1, 0.15) is 18.1 Å². The van der Waals surface area contributed by atoms with Crippen LogP contribution in [0, 0.1) is 6.92 Å². The van der Waals surface area contributed by atoms with Gasteiger partial charge >= 0.3 is 5.97 Å². The van der Waals surface area contributed by atoms with Crippen molar-refractivity contribution in [1.82, 2.24) is 19.6 Å². The summed E-state index contributed by atoms with van der Waals surface area (Å²) in [4.78, 5) is 33.2. The van der Waals surface area contributed by atoms with Gasteiger partial charge in [0.25, 0.3) is 5.56 Å². The number of aromatic amines is 1. The van der Waals surface area contributed by atoms with Crippen LogP contribution in [0.2, 0.25) is 5.02 Å². The molecule has 2 aromatic heterocycles. The Labute approximate surface area is 187 Å². The number of hydrogen-bond acceptors (Lipinski definition) is 6. The van der Waals surface area contributed by atoms with E-state index in [-0.39, 0.29) is 11.3 Å². The van der Waals surface area contributed by atoms with Gasteiger partial charge in [-0.15, -0.1) is 0 Å². The molecule has 7 nitrogen and oxygen atoms in total. The van der Waals surface area contributed by atoms with Crippen LogP contribution in [0.15, 0.2) is 58.5 Å². The van der Waals surface area contributed by atoms with E-state index in [2.05, 4.69) is 21.1 Å². The number of halogens is 1. The summed E-state index contributed by atoms with van der Waals surface area (Å²) in [5.41, 5.74) is 2.98. The summed E-state index contributed by atoms with van der Waals surface area (Å²) in [6.07, 6.45) is 0.856. The first-order valence-electron chi connectivity index (χ1n) is 9.61. The second-order valence-corrected chi connectivity index (χ2v) is 8.30. The van der Waals surface area contributed by atoms with Crippen LogP contribution in [0.3, 0.4) is 0 Å². The molecular weight excluding hydrogens is 436 g/mol. The Morgan fingerprint density at radius 2 is 1.94 bits per heavy atom. The van der Waals surface area contributed by atoms with Gasteiger partial charge in [0.05, 0.1) is 5.75 Å². The third-order valence-electron chi connectivity index (χ3n) is 4.50. The summed E-state index contributed by atoms with van der Waals surface area (Å²) in [6, 6.07) is 14.2. The zero-order valence-electron chi connectivity index (χ0n) is 16.9. The Bertz CT molecular complexity index is 1310. The van der Waals surface area contributed by atoms with Gasteiger partial charge in [0, 0.05) is 16.7 Å². The third kappa shape index (κ3) is 4.98. The molecule has 158 valence electrons. The number of carbonyl (C=O) groups is 1. The molecule has 0 saturated heterocycles. The highest BCUT2D eigenvalue weighted by Crippen LogP contribution is 2.24. The number of H-pyrrole nitrogens is 1. The van der Waals surface area contributed by atoms with Crippen LogP contribution < -0.4 is 10.3 Å². The van der Waals surface area contributed by atoms with Gasteiger partial charge in [0.2, 0.25) is 0 Å². The van der Waals surface area contributed by atoms with Gasteiger partial charge in [0.15, 0.2) is 16.6 Å². The Morgan fingerprint density at radius 3 is 2.68 bits per heavy atom. The number of aromatic nitrogens is 4. The van der Waals surface area contributed by atoms with E-state index in [1.165, 1.54) is 10.6 Å². The number of benzene rings is 2. The molecule has 0 aliphatic rings. The number of rotatable bonds is 6. The second kappa shape index (κ2) is 8.95.